The number of thiazole rings is 1. The molecule has 0 aliphatic rings. The summed E-state index contributed by atoms with van der Waals surface area (Å²) in [4.78, 5) is 15.7. The predicted molar refractivity (Wildman–Crippen MR) is 73.5 cm³/mol. The lowest BCUT2D eigenvalue weighted by molar-refractivity contribution is -0.121. The molecule has 1 amide bonds. The summed E-state index contributed by atoms with van der Waals surface area (Å²) in [6, 6.07) is 6.62. The molecule has 5 heteroatoms. The van der Waals surface area contributed by atoms with Gasteiger partial charge in [-0.3, -0.25) is 4.79 Å². The summed E-state index contributed by atoms with van der Waals surface area (Å²) in [6.07, 6.45) is 3.32. The van der Waals surface area contributed by atoms with Crippen molar-refractivity contribution in [1.29, 1.82) is 0 Å². The number of nitrogens with one attached hydrogen (secondary N) is 1. The molecule has 1 heterocycles. The summed E-state index contributed by atoms with van der Waals surface area (Å²) >= 11 is 1.55. The largest absolute Gasteiger partial charge is 0.356 e. The van der Waals surface area contributed by atoms with Crippen LogP contribution in [-0.4, -0.2) is 17.4 Å². The molecule has 1 aromatic heterocycles. The van der Waals surface area contributed by atoms with Gasteiger partial charge in [0.1, 0.15) is 5.82 Å². The number of hydrogen-bond donors (Lipinski definition) is 1. The first-order valence-corrected chi connectivity index (χ1v) is 7.02. The normalized spacial score (nSPS) is 10.4. The molecular weight excluding hydrogens is 263 g/mol. The van der Waals surface area contributed by atoms with Gasteiger partial charge in [0, 0.05) is 31.0 Å². The highest BCUT2D eigenvalue weighted by molar-refractivity contribution is 7.09. The van der Waals surface area contributed by atoms with E-state index in [-0.39, 0.29) is 11.7 Å². The van der Waals surface area contributed by atoms with E-state index in [4.69, 9.17) is 0 Å². The number of carbonyl (C=O) groups excluding carboxylic acids is 1. The average molecular weight is 278 g/mol. The van der Waals surface area contributed by atoms with Crippen molar-refractivity contribution in [2.45, 2.75) is 19.3 Å². The summed E-state index contributed by atoms with van der Waals surface area (Å²) in [5.74, 6) is -0.244. The van der Waals surface area contributed by atoms with Gasteiger partial charge in [0.05, 0.1) is 5.01 Å². The SMILES string of the molecule is O=C(CCc1nccs1)NCCc1ccccc1F. The number of rotatable bonds is 6. The lowest BCUT2D eigenvalue weighted by Gasteiger charge is -2.05. The Labute approximate surface area is 115 Å². The Bertz CT molecular complexity index is 528. The Kier molecular flexibility index (Phi) is 5.03. The van der Waals surface area contributed by atoms with E-state index in [9.17, 15) is 9.18 Å². The quantitative estimate of drug-likeness (QED) is 0.882. The van der Waals surface area contributed by atoms with Gasteiger partial charge in [0.25, 0.3) is 0 Å². The summed E-state index contributed by atoms with van der Waals surface area (Å²) < 4.78 is 13.3. The summed E-state index contributed by atoms with van der Waals surface area (Å²) in [5.41, 5.74) is 0.628. The molecule has 0 bridgehead atoms. The molecule has 0 saturated carbocycles. The van der Waals surface area contributed by atoms with Crippen LogP contribution in [0.4, 0.5) is 4.39 Å². The molecule has 0 radical (unpaired) electrons. The maximum Gasteiger partial charge on any atom is 0.220 e. The van der Waals surface area contributed by atoms with Gasteiger partial charge < -0.3 is 5.32 Å². The number of aromatic nitrogens is 1. The van der Waals surface area contributed by atoms with E-state index in [2.05, 4.69) is 10.3 Å². The lowest BCUT2D eigenvalue weighted by atomic mass is 10.1. The van der Waals surface area contributed by atoms with E-state index < -0.39 is 0 Å². The Morgan fingerprint density at radius 2 is 2.16 bits per heavy atom. The number of nitrogens with zero attached hydrogens (tertiary/aromatic N) is 1. The number of carbonyl (C=O) groups is 1. The molecule has 19 heavy (non-hydrogen) atoms. The van der Waals surface area contributed by atoms with Gasteiger partial charge in [-0.2, -0.15) is 0 Å². The number of hydrogen-bond acceptors (Lipinski definition) is 3. The molecule has 2 rings (SSSR count). The minimum Gasteiger partial charge on any atom is -0.356 e. The summed E-state index contributed by atoms with van der Waals surface area (Å²) in [5, 5.41) is 5.65. The molecule has 0 aliphatic heterocycles. The maximum atomic E-state index is 13.3. The van der Waals surface area contributed by atoms with Crippen LogP contribution in [0.1, 0.15) is 17.0 Å². The number of benzene rings is 1. The van der Waals surface area contributed by atoms with Crippen molar-refractivity contribution in [3.8, 4) is 0 Å². The zero-order chi connectivity index (χ0) is 13.5. The predicted octanol–water partition coefficient (Wildman–Crippen LogP) is 2.57. The van der Waals surface area contributed by atoms with Crippen molar-refractivity contribution in [3.63, 3.8) is 0 Å². The Morgan fingerprint density at radius 3 is 2.89 bits per heavy atom. The van der Waals surface area contributed by atoms with E-state index in [1.807, 2.05) is 5.38 Å². The van der Waals surface area contributed by atoms with Gasteiger partial charge >= 0.3 is 0 Å². The van der Waals surface area contributed by atoms with Crippen LogP contribution in [-0.2, 0) is 17.6 Å². The van der Waals surface area contributed by atoms with Gasteiger partial charge in [-0.15, -0.1) is 11.3 Å². The van der Waals surface area contributed by atoms with Crippen LogP contribution >= 0.6 is 11.3 Å². The van der Waals surface area contributed by atoms with E-state index in [0.29, 0.717) is 31.4 Å². The van der Waals surface area contributed by atoms with Gasteiger partial charge in [-0.1, -0.05) is 18.2 Å². The van der Waals surface area contributed by atoms with Crippen LogP contribution in [0.25, 0.3) is 0 Å². The average Bonchev–Trinajstić information content (AvgIpc) is 2.92. The zero-order valence-electron chi connectivity index (χ0n) is 10.4. The first-order valence-electron chi connectivity index (χ1n) is 6.14. The molecule has 1 aromatic carbocycles. The fourth-order valence-corrected chi connectivity index (χ4v) is 2.34. The molecule has 0 saturated heterocycles. The third-order valence-electron chi connectivity index (χ3n) is 2.72. The van der Waals surface area contributed by atoms with Crippen molar-refractivity contribution in [3.05, 3.63) is 52.2 Å². The Balaban J connectivity index is 1.68. The second kappa shape index (κ2) is 6.99. The van der Waals surface area contributed by atoms with Crippen LogP contribution in [0.5, 0.6) is 0 Å². The monoisotopic (exact) mass is 278 g/mol. The first-order chi connectivity index (χ1) is 9.25. The zero-order valence-corrected chi connectivity index (χ0v) is 11.3. The minimum atomic E-state index is -0.223. The third kappa shape index (κ3) is 4.44. The Morgan fingerprint density at radius 1 is 1.32 bits per heavy atom. The summed E-state index contributed by atoms with van der Waals surface area (Å²) in [6.45, 7) is 0.456. The molecule has 0 unspecified atom stereocenters. The highest BCUT2D eigenvalue weighted by Crippen LogP contribution is 2.07. The highest BCUT2D eigenvalue weighted by Gasteiger charge is 2.05. The fourth-order valence-electron chi connectivity index (χ4n) is 1.72. The third-order valence-corrected chi connectivity index (χ3v) is 3.56. The van der Waals surface area contributed by atoms with E-state index in [1.165, 1.54) is 6.07 Å². The van der Waals surface area contributed by atoms with Gasteiger partial charge in [0.2, 0.25) is 5.91 Å². The second-order valence-electron chi connectivity index (χ2n) is 4.12. The van der Waals surface area contributed by atoms with Crippen molar-refractivity contribution < 1.29 is 9.18 Å². The second-order valence-corrected chi connectivity index (χ2v) is 5.10. The molecule has 2 aromatic rings. The van der Waals surface area contributed by atoms with Crippen LogP contribution in [0.3, 0.4) is 0 Å². The van der Waals surface area contributed by atoms with Crippen molar-refractivity contribution in [2.24, 2.45) is 0 Å². The topological polar surface area (TPSA) is 42.0 Å². The van der Waals surface area contributed by atoms with Gasteiger partial charge in [0.15, 0.2) is 0 Å². The smallest absolute Gasteiger partial charge is 0.220 e. The van der Waals surface area contributed by atoms with Crippen LogP contribution in [0, 0.1) is 5.82 Å². The van der Waals surface area contributed by atoms with Crippen molar-refractivity contribution >= 4 is 17.2 Å². The molecular formula is C14H15FN2OS. The van der Waals surface area contributed by atoms with Crippen LogP contribution < -0.4 is 5.32 Å². The lowest BCUT2D eigenvalue weighted by Crippen LogP contribution is -2.26. The standard InChI is InChI=1S/C14H15FN2OS/c15-12-4-2-1-3-11(12)7-8-16-13(18)5-6-14-17-9-10-19-14/h1-4,9-10H,5-8H2,(H,16,18). The molecule has 3 nitrogen and oxygen atoms in total. The molecule has 0 atom stereocenters. The molecule has 0 aliphatic carbocycles. The number of halogens is 1. The van der Waals surface area contributed by atoms with E-state index >= 15 is 0 Å². The van der Waals surface area contributed by atoms with E-state index in [0.717, 1.165) is 5.01 Å². The van der Waals surface area contributed by atoms with Crippen molar-refractivity contribution in [1.82, 2.24) is 10.3 Å². The minimum absolute atomic E-state index is 0.0217. The fraction of sp³-hybridized carbons (Fsp3) is 0.286. The van der Waals surface area contributed by atoms with Gasteiger partial charge in [-0.05, 0) is 18.1 Å². The molecule has 100 valence electrons. The number of amides is 1. The van der Waals surface area contributed by atoms with Crippen LogP contribution in [0.15, 0.2) is 35.8 Å². The van der Waals surface area contributed by atoms with E-state index in [1.54, 1.807) is 35.7 Å². The molecule has 1 N–H and O–H groups in total. The maximum absolute atomic E-state index is 13.3. The Hall–Kier alpha value is -1.75. The molecule has 0 spiro atoms. The number of aryl methyl sites for hydroxylation is 1. The van der Waals surface area contributed by atoms with Crippen LogP contribution in [0.2, 0.25) is 0 Å². The summed E-state index contributed by atoms with van der Waals surface area (Å²) in [7, 11) is 0. The molecule has 0 fully saturated rings. The van der Waals surface area contributed by atoms with Crippen molar-refractivity contribution in [2.75, 3.05) is 6.54 Å². The first kappa shape index (κ1) is 13.7. The van der Waals surface area contributed by atoms with Gasteiger partial charge in [-0.25, -0.2) is 9.37 Å². The highest BCUT2D eigenvalue weighted by atomic mass is 32.1.